The number of nitrogens with zero attached hydrogens (tertiary/aromatic N) is 2. The van der Waals surface area contributed by atoms with Gasteiger partial charge in [0, 0.05) is 32.1 Å². The lowest BCUT2D eigenvalue weighted by atomic mass is 10.2. The van der Waals surface area contributed by atoms with Crippen LogP contribution < -0.4 is 16.4 Å². The van der Waals surface area contributed by atoms with E-state index in [-0.39, 0.29) is 48.4 Å². The predicted molar refractivity (Wildman–Crippen MR) is 94.7 cm³/mol. The zero-order valence-corrected chi connectivity index (χ0v) is 14.3. The van der Waals surface area contributed by atoms with Gasteiger partial charge < -0.3 is 10.2 Å². The number of benzene rings is 1. The first-order valence-electron chi connectivity index (χ1n) is 7.79. The summed E-state index contributed by atoms with van der Waals surface area (Å²) in [4.78, 5) is 38.5. The number of amides is 1. The average Bonchev–Trinajstić information content (AvgIpc) is 2.56. The number of hydrogen-bond acceptors (Lipinski definition) is 4. The van der Waals surface area contributed by atoms with Gasteiger partial charge in [0.15, 0.2) is 0 Å². The molecule has 3 rings (SSSR count). The third kappa shape index (κ3) is 3.68. The Kier molecular flexibility index (Phi) is 5.80. The van der Waals surface area contributed by atoms with Gasteiger partial charge >= 0.3 is 0 Å². The summed E-state index contributed by atoms with van der Waals surface area (Å²) in [6, 6.07) is 6.96. The highest BCUT2D eigenvalue weighted by Gasteiger charge is 2.20. The van der Waals surface area contributed by atoms with E-state index in [4.69, 9.17) is 0 Å². The van der Waals surface area contributed by atoms with Crippen LogP contribution in [-0.4, -0.2) is 46.3 Å². The minimum atomic E-state index is -0.316. The van der Waals surface area contributed by atoms with Crippen molar-refractivity contribution in [2.24, 2.45) is 0 Å². The van der Waals surface area contributed by atoms with E-state index >= 15 is 0 Å². The Morgan fingerprint density at radius 3 is 2.67 bits per heavy atom. The quantitative estimate of drug-likeness (QED) is 0.833. The fraction of sp³-hybridized carbons (Fsp3) is 0.438. The van der Waals surface area contributed by atoms with Crippen molar-refractivity contribution >= 4 is 29.1 Å². The topological polar surface area (TPSA) is 87.2 Å². The highest BCUT2D eigenvalue weighted by molar-refractivity contribution is 5.85. The van der Waals surface area contributed by atoms with Gasteiger partial charge in [0.05, 0.1) is 17.3 Å². The molecular weight excluding hydrogens is 332 g/mol. The zero-order chi connectivity index (χ0) is 16.4. The van der Waals surface area contributed by atoms with Crippen molar-refractivity contribution in [3.05, 3.63) is 45.0 Å². The van der Waals surface area contributed by atoms with Gasteiger partial charge in [0.25, 0.3) is 11.1 Å². The summed E-state index contributed by atoms with van der Waals surface area (Å²) < 4.78 is 1.23. The summed E-state index contributed by atoms with van der Waals surface area (Å²) in [6.07, 6.45) is 0.195. The first kappa shape index (κ1) is 18.2. The standard InChI is InChI=1S/C16H20N4O3.ClH/c1-11-10-19(9-7-17-11)14(21)6-8-20-16(23)13-5-3-2-4-12(13)15(22)18-20;/h2-5,11,17H,6-10H2,1H3,(H,18,22);1H. The number of aromatic amines is 1. The zero-order valence-electron chi connectivity index (χ0n) is 13.4. The van der Waals surface area contributed by atoms with Crippen molar-refractivity contribution < 1.29 is 4.79 Å². The molecule has 1 atom stereocenters. The molecule has 0 spiro atoms. The Bertz CT molecular complexity index is 845. The maximum Gasteiger partial charge on any atom is 0.273 e. The monoisotopic (exact) mass is 352 g/mol. The van der Waals surface area contributed by atoms with Crippen molar-refractivity contribution in [1.82, 2.24) is 20.0 Å². The summed E-state index contributed by atoms with van der Waals surface area (Å²) in [5.74, 6) is -0.000687. The van der Waals surface area contributed by atoms with Gasteiger partial charge in [-0.25, -0.2) is 4.68 Å². The van der Waals surface area contributed by atoms with Gasteiger partial charge in [-0.1, -0.05) is 12.1 Å². The number of fused-ring (bicyclic) bond motifs is 1. The van der Waals surface area contributed by atoms with Crippen LogP contribution in [0.1, 0.15) is 13.3 Å². The van der Waals surface area contributed by atoms with E-state index < -0.39 is 0 Å². The number of carbonyl (C=O) groups excluding carboxylic acids is 1. The number of nitrogens with one attached hydrogen (secondary N) is 2. The molecule has 1 fully saturated rings. The molecule has 1 aliphatic rings. The molecular formula is C16H21ClN4O3. The molecule has 1 aromatic carbocycles. The largest absolute Gasteiger partial charge is 0.340 e. The molecule has 8 heteroatoms. The maximum atomic E-state index is 12.4. The minimum absolute atomic E-state index is 0. The van der Waals surface area contributed by atoms with Gasteiger partial charge in [-0.05, 0) is 19.1 Å². The van der Waals surface area contributed by atoms with Crippen LogP contribution in [0.15, 0.2) is 33.9 Å². The predicted octanol–water partition coefficient (Wildman–Crippen LogP) is 0.322. The van der Waals surface area contributed by atoms with Crippen molar-refractivity contribution in [3.8, 4) is 0 Å². The Morgan fingerprint density at radius 2 is 1.96 bits per heavy atom. The molecule has 1 aliphatic heterocycles. The molecule has 0 radical (unpaired) electrons. The van der Waals surface area contributed by atoms with E-state index in [2.05, 4.69) is 10.4 Å². The lowest BCUT2D eigenvalue weighted by Gasteiger charge is -2.32. The van der Waals surface area contributed by atoms with Crippen molar-refractivity contribution in [3.63, 3.8) is 0 Å². The van der Waals surface area contributed by atoms with Gasteiger partial charge in [0.1, 0.15) is 0 Å². The van der Waals surface area contributed by atoms with Gasteiger partial charge in [-0.2, -0.15) is 0 Å². The highest BCUT2D eigenvalue weighted by Crippen LogP contribution is 2.04. The molecule has 2 aromatic rings. The molecule has 2 heterocycles. The summed E-state index contributed by atoms with van der Waals surface area (Å²) >= 11 is 0. The van der Waals surface area contributed by atoms with E-state index in [1.54, 1.807) is 29.2 Å². The third-order valence-electron chi connectivity index (χ3n) is 4.15. The lowest BCUT2D eigenvalue weighted by Crippen LogP contribution is -2.51. The molecule has 0 aliphatic carbocycles. The Labute approximate surface area is 145 Å². The number of aromatic nitrogens is 2. The molecule has 24 heavy (non-hydrogen) atoms. The molecule has 0 saturated carbocycles. The normalized spacial score (nSPS) is 17.5. The van der Waals surface area contributed by atoms with Crippen LogP contribution in [0.3, 0.4) is 0 Å². The van der Waals surface area contributed by atoms with Crippen LogP contribution >= 0.6 is 12.4 Å². The number of carbonyl (C=O) groups is 1. The summed E-state index contributed by atoms with van der Waals surface area (Å²) in [5.41, 5.74) is -0.592. The van der Waals surface area contributed by atoms with E-state index in [0.717, 1.165) is 6.54 Å². The second-order valence-corrected chi connectivity index (χ2v) is 5.89. The molecule has 1 aromatic heterocycles. The molecule has 1 unspecified atom stereocenters. The molecule has 7 nitrogen and oxygen atoms in total. The first-order chi connectivity index (χ1) is 11.1. The molecule has 0 bridgehead atoms. The molecule has 1 amide bonds. The van der Waals surface area contributed by atoms with E-state index in [1.165, 1.54) is 4.68 Å². The van der Waals surface area contributed by atoms with E-state index in [0.29, 0.717) is 23.9 Å². The van der Waals surface area contributed by atoms with Crippen molar-refractivity contribution in [1.29, 1.82) is 0 Å². The third-order valence-corrected chi connectivity index (χ3v) is 4.15. The summed E-state index contributed by atoms with van der Waals surface area (Å²) in [5, 5.41) is 6.58. The van der Waals surface area contributed by atoms with Gasteiger partial charge in [-0.15, -0.1) is 12.4 Å². The maximum absolute atomic E-state index is 12.4. The average molecular weight is 353 g/mol. The highest BCUT2D eigenvalue weighted by atomic mass is 35.5. The SMILES string of the molecule is CC1CN(C(=O)CCn2[nH]c(=O)c3ccccc3c2=O)CCN1.Cl. The second kappa shape index (κ2) is 7.63. The number of rotatable bonds is 3. The second-order valence-electron chi connectivity index (χ2n) is 5.89. The van der Waals surface area contributed by atoms with Crippen LogP contribution in [0.5, 0.6) is 0 Å². The van der Waals surface area contributed by atoms with Gasteiger partial charge in [0.2, 0.25) is 5.91 Å². The van der Waals surface area contributed by atoms with Crippen LogP contribution in [-0.2, 0) is 11.3 Å². The summed E-state index contributed by atoms with van der Waals surface area (Å²) in [6.45, 7) is 4.33. The van der Waals surface area contributed by atoms with E-state index in [9.17, 15) is 14.4 Å². The van der Waals surface area contributed by atoms with Crippen molar-refractivity contribution in [2.75, 3.05) is 19.6 Å². The number of halogens is 1. The number of piperazine rings is 1. The number of aryl methyl sites for hydroxylation is 1. The van der Waals surface area contributed by atoms with Gasteiger partial charge in [-0.3, -0.25) is 19.5 Å². The van der Waals surface area contributed by atoms with Crippen LogP contribution in [0.25, 0.3) is 10.8 Å². The summed E-state index contributed by atoms with van der Waals surface area (Å²) in [7, 11) is 0. The van der Waals surface area contributed by atoms with Crippen LogP contribution in [0.2, 0.25) is 0 Å². The van der Waals surface area contributed by atoms with E-state index in [1.807, 2.05) is 6.92 Å². The Morgan fingerprint density at radius 1 is 1.25 bits per heavy atom. The van der Waals surface area contributed by atoms with Crippen LogP contribution in [0, 0.1) is 0 Å². The fourth-order valence-corrected chi connectivity index (χ4v) is 2.93. The number of H-pyrrole nitrogens is 1. The smallest absolute Gasteiger partial charge is 0.273 e. The Balaban J connectivity index is 0.00000208. The Hall–Kier alpha value is -2.12. The molecule has 130 valence electrons. The van der Waals surface area contributed by atoms with Crippen LogP contribution in [0.4, 0.5) is 0 Å². The molecule has 2 N–H and O–H groups in total. The lowest BCUT2D eigenvalue weighted by molar-refractivity contribution is -0.132. The molecule has 1 saturated heterocycles. The minimum Gasteiger partial charge on any atom is -0.340 e. The van der Waals surface area contributed by atoms with Crippen molar-refractivity contribution in [2.45, 2.75) is 25.9 Å². The fourth-order valence-electron chi connectivity index (χ4n) is 2.93. The number of hydrogen-bond donors (Lipinski definition) is 2. The first-order valence-corrected chi connectivity index (χ1v) is 7.79.